The van der Waals surface area contributed by atoms with Gasteiger partial charge in [0.25, 0.3) is 0 Å². The Bertz CT molecular complexity index is 1040. The highest BCUT2D eigenvalue weighted by atomic mass is 79.9. The number of hydrogen-bond acceptors (Lipinski definition) is 8. The van der Waals surface area contributed by atoms with E-state index in [1.165, 1.54) is 11.3 Å². The van der Waals surface area contributed by atoms with Gasteiger partial charge >= 0.3 is 5.97 Å². The van der Waals surface area contributed by atoms with E-state index >= 15 is 0 Å². The van der Waals surface area contributed by atoms with Gasteiger partial charge < -0.3 is 14.2 Å². The molecule has 8 nitrogen and oxygen atoms in total. The minimum absolute atomic E-state index is 0.0550. The van der Waals surface area contributed by atoms with Crippen molar-refractivity contribution in [3.63, 3.8) is 0 Å². The zero-order valence-electron chi connectivity index (χ0n) is 18.1. The lowest BCUT2D eigenvalue weighted by molar-refractivity contribution is -0.154. The second kappa shape index (κ2) is 9.78. The van der Waals surface area contributed by atoms with E-state index in [2.05, 4.69) is 31.2 Å². The fourth-order valence-corrected chi connectivity index (χ4v) is 4.53. The highest BCUT2D eigenvalue weighted by Crippen LogP contribution is 2.39. The van der Waals surface area contributed by atoms with Gasteiger partial charge in [0.2, 0.25) is 0 Å². The molecule has 0 spiro atoms. The first-order chi connectivity index (χ1) is 14.7. The molecule has 0 fully saturated rings. The number of hydrogen-bond donors (Lipinski definition) is 0. The van der Waals surface area contributed by atoms with Crippen molar-refractivity contribution in [3.8, 4) is 11.5 Å². The summed E-state index contributed by atoms with van der Waals surface area (Å²) < 4.78 is 19.0. The minimum Gasteiger partial charge on any atom is -0.493 e. The molecule has 3 rings (SSSR count). The predicted molar refractivity (Wildman–Crippen MR) is 120 cm³/mol. The number of carbonyl (C=O) groups is 1. The van der Waals surface area contributed by atoms with Crippen molar-refractivity contribution < 1.29 is 19.0 Å². The highest BCUT2D eigenvalue weighted by molar-refractivity contribution is 9.11. The number of carbonyl (C=O) groups excluding carboxylic acids is 1. The molecular formula is C21H25BrN4O4S. The Morgan fingerprint density at radius 1 is 1.19 bits per heavy atom. The summed E-state index contributed by atoms with van der Waals surface area (Å²) in [5, 5.41) is 8.85. The van der Waals surface area contributed by atoms with Crippen LogP contribution in [0.1, 0.15) is 43.1 Å². The Morgan fingerprint density at radius 2 is 1.94 bits per heavy atom. The lowest BCUT2D eigenvalue weighted by Crippen LogP contribution is -2.25. The summed E-state index contributed by atoms with van der Waals surface area (Å²) in [6.45, 7) is 6.49. The molecule has 0 aliphatic carbocycles. The number of methoxy groups -OCH3 is 2. The molecule has 0 radical (unpaired) electrons. The Hall–Kier alpha value is -2.46. The van der Waals surface area contributed by atoms with Crippen LogP contribution in [0.15, 0.2) is 34.4 Å². The lowest BCUT2D eigenvalue weighted by atomic mass is 9.89. The van der Waals surface area contributed by atoms with Gasteiger partial charge in [0.1, 0.15) is 5.01 Å². The van der Waals surface area contributed by atoms with E-state index in [0.29, 0.717) is 23.7 Å². The summed E-state index contributed by atoms with van der Waals surface area (Å²) in [6, 6.07) is 5.62. The van der Waals surface area contributed by atoms with Gasteiger partial charge in [0.15, 0.2) is 17.6 Å². The number of halogens is 1. The van der Waals surface area contributed by atoms with Crippen LogP contribution in [0.5, 0.6) is 11.5 Å². The van der Waals surface area contributed by atoms with Crippen LogP contribution in [0.4, 0.5) is 0 Å². The Balaban J connectivity index is 1.73. The topological polar surface area (TPSA) is 88.4 Å². The Kier molecular flexibility index (Phi) is 7.32. The van der Waals surface area contributed by atoms with E-state index in [9.17, 15) is 4.79 Å². The maximum Gasteiger partial charge on any atom is 0.312 e. The molecular weight excluding hydrogens is 484 g/mol. The summed E-state index contributed by atoms with van der Waals surface area (Å²) >= 11 is 4.88. The lowest BCUT2D eigenvalue weighted by Gasteiger charge is -2.28. The van der Waals surface area contributed by atoms with Gasteiger partial charge in [0.05, 0.1) is 49.1 Å². The van der Waals surface area contributed by atoms with Crippen molar-refractivity contribution in [2.24, 2.45) is 5.41 Å². The molecule has 0 aliphatic rings. The van der Waals surface area contributed by atoms with Crippen LogP contribution < -0.4 is 9.47 Å². The molecule has 0 N–H and O–H groups in total. The summed E-state index contributed by atoms with van der Waals surface area (Å²) in [5.74, 6) is 0.918. The largest absolute Gasteiger partial charge is 0.493 e. The van der Waals surface area contributed by atoms with Crippen molar-refractivity contribution in [2.75, 3.05) is 14.2 Å². The molecule has 3 aromatic rings. The van der Waals surface area contributed by atoms with Gasteiger partial charge in [-0.3, -0.25) is 4.79 Å². The van der Waals surface area contributed by atoms with E-state index in [-0.39, 0.29) is 17.8 Å². The standard InChI is InChI=1S/C21H25BrN4O4S/c1-21(2,3)19(20-23-11-17(22)31-20)30-18(27)9-14-10-24-25-26(14)12-13-6-7-15(28-4)16(8-13)29-5/h6-8,10-11,19H,9,12H2,1-5H3. The minimum atomic E-state index is -0.452. The van der Waals surface area contributed by atoms with E-state index in [4.69, 9.17) is 14.2 Å². The fraction of sp³-hybridized carbons (Fsp3) is 0.429. The van der Waals surface area contributed by atoms with Gasteiger partial charge in [0, 0.05) is 5.41 Å². The first kappa shape index (κ1) is 23.2. The van der Waals surface area contributed by atoms with Gasteiger partial charge in [-0.2, -0.15) is 0 Å². The third kappa shape index (κ3) is 5.82. The number of esters is 1. The van der Waals surface area contributed by atoms with Crippen LogP contribution in [-0.2, 0) is 22.5 Å². The molecule has 10 heteroatoms. The molecule has 0 amide bonds. The van der Waals surface area contributed by atoms with Crippen molar-refractivity contribution in [3.05, 3.63) is 50.6 Å². The van der Waals surface area contributed by atoms with E-state index < -0.39 is 6.10 Å². The third-order valence-corrected chi connectivity index (χ3v) is 6.08. The molecule has 1 aromatic carbocycles. The molecule has 1 unspecified atom stereocenters. The number of thiazole rings is 1. The molecule has 0 aliphatic heterocycles. The molecule has 0 bridgehead atoms. The predicted octanol–water partition coefficient (Wildman–Crippen LogP) is 4.44. The van der Waals surface area contributed by atoms with Crippen molar-refractivity contribution in [1.82, 2.24) is 20.0 Å². The molecule has 166 valence electrons. The number of ether oxygens (including phenoxy) is 3. The third-order valence-electron chi connectivity index (χ3n) is 4.56. The SMILES string of the molecule is COc1ccc(Cn2nncc2CC(=O)OC(c2ncc(Br)s2)C(C)(C)C)cc1OC. The van der Waals surface area contributed by atoms with E-state index in [1.54, 1.807) is 31.3 Å². The second-order valence-corrected chi connectivity index (χ2v) is 10.4. The van der Waals surface area contributed by atoms with E-state index in [0.717, 1.165) is 14.4 Å². The quantitative estimate of drug-likeness (QED) is 0.415. The molecule has 31 heavy (non-hydrogen) atoms. The number of nitrogens with zero attached hydrogens (tertiary/aromatic N) is 4. The van der Waals surface area contributed by atoms with Gasteiger partial charge in [-0.15, -0.1) is 16.4 Å². The zero-order chi connectivity index (χ0) is 22.6. The second-order valence-electron chi connectivity index (χ2n) is 7.99. The number of aromatic nitrogens is 4. The summed E-state index contributed by atoms with van der Waals surface area (Å²) in [5.41, 5.74) is 1.30. The van der Waals surface area contributed by atoms with Crippen LogP contribution in [0.2, 0.25) is 0 Å². The van der Waals surface area contributed by atoms with Crippen molar-refractivity contribution >= 4 is 33.2 Å². The normalized spacial score (nSPS) is 12.5. The van der Waals surface area contributed by atoms with Gasteiger partial charge in [-0.1, -0.05) is 32.1 Å². The average Bonchev–Trinajstić information content (AvgIpc) is 3.34. The van der Waals surface area contributed by atoms with Gasteiger partial charge in [-0.05, 0) is 33.6 Å². The van der Waals surface area contributed by atoms with E-state index in [1.807, 2.05) is 39.0 Å². The first-order valence-electron chi connectivity index (χ1n) is 9.60. The molecule has 1 atom stereocenters. The smallest absolute Gasteiger partial charge is 0.312 e. The molecule has 0 saturated heterocycles. The summed E-state index contributed by atoms with van der Waals surface area (Å²) in [4.78, 5) is 17.2. The monoisotopic (exact) mass is 508 g/mol. The van der Waals surface area contributed by atoms with Crippen LogP contribution in [0.25, 0.3) is 0 Å². The van der Waals surface area contributed by atoms with Crippen LogP contribution in [0, 0.1) is 5.41 Å². The maximum atomic E-state index is 12.8. The van der Waals surface area contributed by atoms with Crippen LogP contribution in [-0.4, -0.2) is 40.2 Å². The fourth-order valence-electron chi connectivity index (χ4n) is 3.01. The summed E-state index contributed by atoms with van der Waals surface area (Å²) in [7, 11) is 3.18. The van der Waals surface area contributed by atoms with Crippen LogP contribution in [0.3, 0.4) is 0 Å². The highest BCUT2D eigenvalue weighted by Gasteiger charge is 2.32. The van der Waals surface area contributed by atoms with Crippen LogP contribution >= 0.6 is 27.3 Å². The van der Waals surface area contributed by atoms with Crippen molar-refractivity contribution in [1.29, 1.82) is 0 Å². The number of benzene rings is 1. The average molecular weight is 509 g/mol. The zero-order valence-corrected chi connectivity index (χ0v) is 20.5. The van der Waals surface area contributed by atoms with Gasteiger partial charge in [-0.25, -0.2) is 9.67 Å². The molecule has 2 aromatic heterocycles. The number of rotatable bonds is 8. The molecule has 2 heterocycles. The first-order valence-corrected chi connectivity index (χ1v) is 11.2. The Morgan fingerprint density at radius 3 is 2.55 bits per heavy atom. The summed E-state index contributed by atoms with van der Waals surface area (Å²) in [6.07, 6.45) is 2.90. The molecule has 0 saturated carbocycles. The van der Waals surface area contributed by atoms with Crippen molar-refractivity contribution in [2.45, 2.75) is 39.8 Å². The maximum absolute atomic E-state index is 12.8. The Labute approximate surface area is 193 Å².